The standard InChI is InChI=1S/C16H26N6S/c1-4-15-20-19-13-22(15)11-9-18-16(17-5-2)21(3)10-8-14-7-6-12-23-14/h6-7,12-13H,4-5,8-11H2,1-3H3,(H,17,18). The number of aromatic nitrogens is 3. The predicted octanol–water partition coefficient (Wildman–Crippen LogP) is 2.04. The zero-order valence-corrected chi connectivity index (χ0v) is 15.0. The Labute approximate surface area is 142 Å². The molecule has 0 amide bonds. The van der Waals surface area contributed by atoms with Crippen LogP contribution in [0.1, 0.15) is 24.5 Å². The van der Waals surface area contributed by atoms with Crippen molar-refractivity contribution in [2.24, 2.45) is 4.99 Å². The monoisotopic (exact) mass is 334 g/mol. The fraction of sp³-hybridized carbons (Fsp3) is 0.562. The summed E-state index contributed by atoms with van der Waals surface area (Å²) in [5, 5.41) is 13.5. The average molecular weight is 334 g/mol. The van der Waals surface area contributed by atoms with Gasteiger partial charge < -0.3 is 14.8 Å². The van der Waals surface area contributed by atoms with Crippen LogP contribution in [0.25, 0.3) is 0 Å². The Balaban J connectivity index is 1.88. The first-order chi connectivity index (χ1) is 11.2. The summed E-state index contributed by atoms with van der Waals surface area (Å²) in [6.45, 7) is 7.54. The molecule has 2 aromatic rings. The molecule has 0 fully saturated rings. The Kier molecular flexibility index (Phi) is 7.06. The van der Waals surface area contributed by atoms with E-state index in [1.54, 1.807) is 17.7 Å². The van der Waals surface area contributed by atoms with Gasteiger partial charge in [0.2, 0.25) is 0 Å². The van der Waals surface area contributed by atoms with Crippen LogP contribution in [0.4, 0.5) is 0 Å². The number of nitrogens with one attached hydrogen (secondary N) is 1. The van der Waals surface area contributed by atoms with Gasteiger partial charge in [0.1, 0.15) is 12.2 Å². The third-order valence-corrected chi connectivity index (χ3v) is 4.52. The average Bonchev–Trinajstić information content (AvgIpc) is 3.23. The van der Waals surface area contributed by atoms with E-state index in [0.29, 0.717) is 0 Å². The van der Waals surface area contributed by atoms with Crippen molar-refractivity contribution in [2.75, 3.05) is 26.7 Å². The van der Waals surface area contributed by atoms with Gasteiger partial charge >= 0.3 is 0 Å². The van der Waals surface area contributed by atoms with Crippen LogP contribution in [0.3, 0.4) is 0 Å². The van der Waals surface area contributed by atoms with Crippen molar-refractivity contribution in [1.82, 2.24) is 25.0 Å². The Bertz CT molecular complexity index is 589. The molecule has 6 nitrogen and oxygen atoms in total. The highest BCUT2D eigenvalue weighted by molar-refractivity contribution is 7.09. The lowest BCUT2D eigenvalue weighted by Crippen LogP contribution is -2.40. The number of rotatable bonds is 8. The number of guanidine groups is 1. The quantitative estimate of drug-likeness (QED) is 0.593. The molecule has 0 bridgehead atoms. The van der Waals surface area contributed by atoms with Crippen LogP contribution in [-0.2, 0) is 19.4 Å². The van der Waals surface area contributed by atoms with Gasteiger partial charge in [-0.25, -0.2) is 0 Å². The fourth-order valence-electron chi connectivity index (χ4n) is 2.31. The maximum absolute atomic E-state index is 4.72. The molecule has 0 spiro atoms. The predicted molar refractivity (Wildman–Crippen MR) is 96.0 cm³/mol. The van der Waals surface area contributed by atoms with Gasteiger partial charge in [0.15, 0.2) is 5.96 Å². The minimum atomic E-state index is 0.719. The molecule has 2 heterocycles. The van der Waals surface area contributed by atoms with Crippen LogP contribution in [0.15, 0.2) is 28.8 Å². The van der Waals surface area contributed by atoms with Crippen molar-refractivity contribution in [1.29, 1.82) is 0 Å². The number of likely N-dealkylation sites (N-methyl/N-ethyl adjacent to an activating group) is 1. The van der Waals surface area contributed by atoms with E-state index in [2.05, 4.69) is 63.4 Å². The van der Waals surface area contributed by atoms with Gasteiger partial charge in [-0.05, 0) is 24.8 Å². The van der Waals surface area contributed by atoms with E-state index in [1.165, 1.54) is 4.88 Å². The molecule has 0 aliphatic rings. The lowest BCUT2D eigenvalue weighted by Gasteiger charge is -2.21. The minimum absolute atomic E-state index is 0.719. The molecule has 0 atom stereocenters. The third-order valence-electron chi connectivity index (χ3n) is 3.58. The summed E-state index contributed by atoms with van der Waals surface area (Å²) < 4.78 is 2.07. The molecular formula is C16H26N6S. The Morgan fingerprint density at radius 1 is 1.43 bits per heavy atom. The molecular weight excluding hydrogens is 308 g/mol. The van der Waals surface area contributed by atoms with Gasteiger partial charge in [-0.1, -0.05) is 13.0 Å². The molecule has 23 heavy (non-hydrogen) atoms. The van der Waals surface area contributed by atoms with Crippen LogP contribution in [-0.4, -0.2) is 52.3 Å². The Morgan fingerprint density at radius 2 is 2.30 bits per heavy atom. The molecule has 0 aliphatic carbocycles. The molecule has 126 valence electrons. The first kappa shape index (κ1) is 17.5. The van der Waals surface area contributed by atoms with Crippen molar-refractivity contribution in [3.8, 4) is 0 Å². The van der Waals surface area contributed by atoms with Gasteiger partial charge in [0, 0.05) is 38.0 Å². The van der Waals surface area contributed by atoms with Crippen molar-refractivity contribution in [3.63, 3.8) is 0 Å². The summed E-state index contributed by atoms with van der Waals surface area (Å²) >= 11 is 1.81. The SMILES string of the molecule is CCNC(=NCCn1cnnc1CC)N(C)CCc1cccs1. The van der Waals surface area contributed by atoms with E-state index in [4.69, 9.17) is 4.99 Å². The van der Waals surface area contributed by atoms with Crippen molar-refractivity contribution in [3.05, 3.63) is 34.5 Å². The molecule has 7 heteroatoms. The summed E-state index contributed by atoms with van der Waals surface area (Å²) in [6.07, 6.45) is 3.72. The molecule has 2 rings (SSSR count). The maximum Gasteiger partial charge on any atom is 0.193 e. The zero-order chi connectivity index (χ0) is 16.5. The van der Waals surface area contributed by atoms with Crippen molar-refractivity contribution in [2.45, 2.75) is 33.2 Å². The summed E-state index contributed by atoms with van der Waals surface area (Å²) in [5.74, 6) is 1.96. The summed E-state index contributed by atoms with van der Waals surface area (Å²) in [5.41, 5.74) is 0. The highest BCUT2D eigenvalue weighted by Crippen LogP contribution is 2.09. The lowest BCUT2D eigenvalue weighted by atomic mass is 10.3. The number of thiophene rings is 1. The molecule has 0 unspecified atom stereocenters. The molecule has 0 aromatic carbocycles. The normalized spacial score (nSPS) is 11.7. The summed E-state index contributed by atoms with van der Waals surface area (Å²) in [6, 6.07) is 4.28. The van der Waals surface area contributed by atoms with Crippen LogP contribution in [0.5, 0.6) is 0 Å². The number of nitrogens with zero attached hydrogens (tertiary/aromatic N) is 5. The molecule has 0 aliphatic heterocycles. The highest BCUT2D eigenvalue weighted by atomic mass is 32.1. The van der Waals surface area contributed by atoms with Crippen LogP contribution in [0, 0.1) is 0 Å². The van der Waals surface area contributed by atoms with Gasteiger partial charge in [0.05, 0.1) is 6.54 Å². The number of aliphatic imine (C=N–C) groups is 1. The van der Waals surface area contributed by atoms with Gasteiger partial charge in [0.25, 0.3) is 0 Å². The first-order valence-electron chi connectivity index (χ1n) is 8.13. The minimum Gasteiger partial charge on any atom is -0.357 e. The number of aryl methyl sites for hydroxylation is 1. The smallest absolute Gasteiger partial charge is 0.193 e. The second-order valence-electron chi connectivity index (χ2n) is 5.28. The highest BCUT2D eigenvalue weighted by Gasteiger charge is 2.06. The van der Waals surface area contributed by atoms with E-state index < -0.39 is 0 Å². The molecule has 0 saturated carbocycles. The largest absolute Gasteiger partial charge is 0.357 e. The van der Waals surface area contributed by atoms with Crippen molar-refractivity contribution < 1.29 is 0 Å². The van der Waals surface area contributed by atoms with E-state index in [0.717, 1.165) is 50.8 Å². The molecule has 2 aromatic heterocycles. The maximum atomic E-state index is 4.72. The second kappa shape index (κ2) is 9.29. The van der Waals surface area contributed by atoms with Crippen LogP contribution in [0.2, 0.25) is 0 Å². The number of hydrogen-bond donors (Lipinski definition) is 1. The Hall–Kier alpha value is -1.89. The summed E-state index contributed by atoms with van der Waals surface area (Å²) in [4.78, 5) is 8.32. The van der Waals surface area contributed by atoms with E-state index in [9.17, 15) is 0 Å². The fourth-order valence-corrected chi connectivity index (χ4v) is 3.01. The number of hydrogen-bond acceptors (Lipinski definition) is 4. The van der Waals surface area contributed by atoms with Gasteiger partial charge in [-0.2, -0.15) is 0 Å². The topological polar surface area (TPSA) is 58.3 Å². The van der Waals surface area contributed by atoms with Gasteiger partial charge in [-0.3, -0.25) is 4.99 Å². The second-order valence-corrected chi connectivity index (χ2v) is 6.31. The van der Waals surface area contributed by atoms with E-state index in [1.807, 2.05) is 0 Å². The molecule has 1 N–H and O–H groups in total. The van der Waals surface area contributed by atoms with E-state index >= 15 is 0 Å². The van der Waals surface area contributed by atoms with Gasteiger partial charge in [-0.15, -0.1) is 21.5 Å². The molecule has 0 saturated heterocycles. The van der Waals surface area contributed by atoms with Crippen LogP contribution >= 0.6 is 11.3 Å². The lowest BCUT2D eigenvalue weighted by molar-refractivity contribution is 0.485. The molecule has 0 radical (unpaired) electrons. The van der Waals surface area contributed by atoms with E-state index in [-0.39, 0.29) is 0 Å². The zero-order valence-electron chi connectivity index (χ0n) is 14.2. The summed E-state index contributed by atoms with van der Waals surface area (Å²) in [7, 11) is 2.09. The Morgan fingerprint density at radius 3 is 3.00 bits per heavy atom. The van der Waals surface area contributed by atoms with Crippen LogP contribution < -0.4 is 5.32 Å². The first-order valence-corrected chi connectivity index (χ1v) is 9.01. The van der Waals surface area contributed by atoms with Crippen molar-refractivity contribution >= 4 is 17.3 Å². The third kappa shape index (κ3) is 5.35.